The van der Waals surface area contributed by atoms with Crippen LogP contribution in [0, 0.1) is 0 Å². The first-order valence-electron chi connectivity index (χ1n) is 6.12. The number of halogens is 1. The van der Waals surface area contributed by atoms with Gasteiger partial charge in [-0.15, -0.1) is 11.3 Å². The standard InChI is InChI=1S/C13H12ClN3O3S/c1-2-20-11(18)6-8-7-21-13(15-8)17-12(19)9-4-3-5-10(14)16-9/h3-5,7H,2,6H2,1H3,(H,15,17,19). The van der Waals surface area contributed by atoms with Gasteiger partial charge in [-0.05, 0) is 19.1 Å². The average molecular weight is 326 g/mol. The molecule has 21 heavy (non-hydrogen) atoms. The number of aromatic nitrogens is 2. The molecule has 0 bridgehead atoms. The van der Waals surface area contributed by atoms with Crippen molar-refractivity contribution in [1.82, 2.24) is 9.97 Å². The monoisotopic (exact) mass is 325 g/mol. The molecular weight excluding hydrogens is 314 g/mol. The van der Waals surface area contributed by atoms with E-state index in [4.69, 9.17) is 16.3 Å². The Labute approximate surface area is 130 Å². The molecule has 0 fully saturated rings. The van der Waals surface area contributed by atoms with E-state index in [-0.39, 0.29) is 23.2 Å². The van der Waals surface area contributed by atoms with Crippen molar-refractivity contribution in [3.63, 3.8) is 0 Å². The summed E-state index contributed by atoms with van der Waals surface area (Å²) in [7, 11) is 0. The van der Waals surface area contributed by atoms with Crippen molar-refractivity contribution in [3.8, 4) is 0 Å². The molecule has 1 N–H and O–H groups in total. The molecule has 0 atom stereocenters. The van der Waals surface area contributed by atoms with Gasteiger partial charge in [0, 0.05) is 5.38 Å². The number of nitrogens with one attached hydrogen (secondary N) is 1. The fourth-order valence-corrected chi connectivity index (χ4v) is 2.37. The zero-order chi connectivity index (χ0) is 15.2. The van der Waals surface area contributed by atoms with Crippen molar-refractivity contribution in [3.05, 3.63) is 40.1 Å². The van der Waals surface area contributed by atoms with E-state index in [0.717, 1.165) is 0 Å². The summed E-state index contributed by atoms with van der Waals surface area (Å²) in [5.41, 5.74) is 0.748. The van der Waals surface area contributed by atoms with Gasteiger partial charge in [0.1, 0.15) is 10.8 Å². The SMILES string of the molecule is CCOC(=O)Cc1csc(NC(=O)c2cccc(Cl)n2)n1. The van der Waals surface area contributed by atoms with Crippen molar-refractivity contribution < 1.29 is 14.3 Å². The molecule has 0 saturated heterocycles. The minimum Gasteiger partial charge on any atom is -0.466 e. The van der Waals surface area contributed by atoms with Gasteiger partial charge >= 0.3 is 5.97 Å². The summed E-state index contributed by atoms with van der Waals surface area (Å²) in [6.07, 6.45) is 0.0790. The number of rotatable bonds is 5. The Balaban J connectivity index is 1.99. The third-order valence-electron chi connectivity index (χ3n) is 2.35. The Morgan fingerprint density at radius 3 is 2.90 bits per heavy atom. The second kappa shape index (κ2) is 7.14. The Morgan fingerprint density at radius 1 is 1.38 bits per heavy atom. The lowest BCUT2D eigenvalue weighted by molar-refractivity contribution is -0.142. The van der Waals surface area contributed by atoms with Crippen LogP contribution in [0.5, 0.6) is 0 Å². The number of pyridine rings is 1. The molecule has 0 aliphatic carbocycles. The number of ether oxygens (including phenoxy) is 1. The molecule has 0 unspecified atom stereocenters. The van der Waals surface area contributed by atoms with Crippen LogP contribution in [0.2, 0.25) is 5.15 Å². The number of carbonyl (C=O) groups excluding carboxylic acids is 2. The van der Waals surface area contributed by atoms with Gasteiger partial charge in [-0.2, -0.15) is 0 Å². The van der Waals surface area contributed by atoms with Crippen LogP contribution < -0.4 is 5.32 Å². The van der Waals surface area contributed by atoms with Crippen LogP contribution in [0.3, 0.4) is 0 Å². The second-order valence-corrected chi connectivity index (χ2v) is 5.17. The van der Waals surface area contributed by atoms with Crippen LogP contribution in [0.15, 0.2) is 23.6 Å². The van der Waals surface area contributed by atoms with Gasteiger partial charge in [0.25, 0.3) is 5.91 Å². The molecule has 2 heterocycles. The van der Waals surface area contributed by atoms with Gasteiger partial charge in [-0.1, -0.05) is 17.7 Å². The maximum atomic E-state index is 11.9. The van der Waals surface area contributed by atoms with Crippen LogP contribution in [0.25, 0.3) is 0 Å². The average Bonchev–Trinajstić information content (AvgIpc) is 2.86. The van der Waals surface area contributed by atoms with Gasteiger partial charge in [-0.25, -0.2) is 9.97 Å². The highest BCUT2D eigenvalue weighted by Gasteiger charge is 2.12. The first kappa shape index (κ1) is 15.4. The minimum atomic E-state index is -0.408. The summed E-state index contributed by atoms with van der Waals surface area (Å²) in [5, 5.41) is 4.93. The first-order chi connectivity index (χ1) is 10.1. The molecule has 1 amide bonds. The van der Waals surface area contributed by atoms with Crippen molar-refractivity contribution >= 4 is 39.9 Å². The van der Waals surface area contributed by atoms with Crippen LogP contribution in [0.1, 0.15) is 23.1 Å². The normalized spacial score (nSPS) is 10.2. The molecule has 110 valence electrons. The third kappa shape index (κ3) is 4.51. The van der Waals surface area contributed by atoms with Crippen molar-refractivity contribution in [2.45, 2.75) is 13.3 Å². The quantitative estimate of drug-likeness (QED) is 0.675. The smallest absolute Gasteiger partial charge is 0.311 e. The van der Waals surface area contributed by atoms with Gasteiger partial charge in [0.2, 0.25) is 0 Å². The molecule has 0 radical (unpaired) electrons. The van der Waals surface area contributed by atoms with Crippen LogP contribution in [0.4, 0.5) is 5.13 Å². The molecule has 2 rings (SSSR count). The molecule has 0 aromatic carbocycles. The topological polar surface area (TPSA) is 81.2 Å². The highest BCUT2D eigenvalue weighted by Crippen LogP contribution is 2.17. The number of carbonyl (C=O) groups is 2. The largest absolute Gasteiger partial charge is 0.466 e. The number of hydrogen-bond donors (Lipinski definition) is 1. The fourth-order valence-electron chi connectivity index (χ4n) is 1.50. The molecule has 6 nitrogen and oxygen atoms in total. The number of thiazole rings is 1. The lowest BCUT2D eigenvalue weighted by atomic mass is 10.3. The number of anilines is 1. The van der Waals surface area contributed by atoms with Crippen molar-refractivity contribution in [2.24, 2.45) is 0 Å². The molecule has 0 saturated carbocycles. The van der Waals surface area contributed by atoms with E-state index in [0.29, 0.717) is 17.4 Å². The number of amides is 1. The fraction of sp³-hybridized carbons (Fsp3) is 0.231. The molecule has 0 spiro atoms. The van der Waals surface area contributed by atoms with Crippen LogP contribution in [-0.2, 0) is 16.0 Å². The van der Waals surface area contributed by atoms with Crippen molar-refractivity contribution in [1.29, 1.82) is 0 Å². The van der Waals surface area contributed by atoms with Crippen LogP contribution in [-0.4, -0.2) is 28.5 Å². The summed E-state index contributed by atoms with van der Waals surface area (Å²) in [6.45, 7) is 2.07. The number of esters is 1. The molecule has 8 heteroatoms. The maximum Gasteiger partial charge on any atom is 0.311 e. The predicted molar refractivity (Wildman–Crippen MR) is 79.7 cm³/mol. The lowest BCUT2D eigenvalue weighted by Gasteiger charge is -2.01. The Hall–Kier alpha value is -1.99. The number of hydrogen-bond acceptors (Lipinski definition) is 6. The van der Waals surface area contributed by atoms with E-state index >= 15 is 0 Å². The first-order valence-corrected chi connectivity index (χ1v) is 7.38. The van der Waals surface area contributed by atoms with E-state index in [1.165, 1.54) is 11.3 Å². The highest BCUT2D eigenvalue weighted by atomic mass is 35.5. The molecular formula is C13H12ClN3O3S. The van der Waals surface area contributed by atoms with Gasteiger partial charge < -0.3 is 4.74 Å². The van der Waals surface area contributed by atoms with E-state index < -0.39 is 5.91 Å². The van der Waals surface area contributed by atoms with E-state index in [2.05, 4.69) is 15.3 Å². The van der Waals surface area contributed by atoms with E-state index in [1.807, 2.05) is 0 Å². The Morgan fingerprint density at radius 2 is 2.19 bits per heavy atom. The Bertz CT molecular complexity index is 660. The summed E-state index contributed by atoms with van der Waals surface area (Å²) < 4.78 is 4.83. The summed E-state index contributed by atoms with van der Waals surface area (Å²) in [6, 6.07) is 4.77. The van der Waals surface area contributed by atoms with Crippen molar-refractivity contribution in [2.75, 3.05) is 11.9 Å². The summed E-state index contributed by atoms with van der Waals surface area (Å²) in [5.74, 6) is -0.758. The van der Waals surface area contributed by atoms with Gasteiger partial charge in [-0.3, -0.25) is 14.9 Å². The molecule has 2 aromatic heterocycles. The lowest BCUT2D eigenvalue weighted by Crippen LogP contribution is -2.13. The maximum absolute atomic E-state index is 11.9. The number of nitrogens with zero attached hydrogens (tertiary/aromatic N) is 2. The zero-order valence-corrected chi connectivity index (χ0v) is 12.7. The van der Waals surface area contributed by atoms with Gasteiger partial charge in [0.05, 0.1) is 18.7 Å². The highest BCUT2D eigenvalue weighted by molar-refractivity contribution is 7.14. The molecule has 0 aliphatic heterocycles. The molecule has 2 aromatic rings. The second-order valence-electron chi connectivity index (χ2n) is 3.93. The van der Waals surface area contributed by atoms with Gasteiger partial charge in [0.15, 0.2) is 5.13 Å². The predicted octanol–water partition coefficient (Wildman–Crippen LogP) is 2.55. The summed E-state index contributed by atoms with van der Waals surface area (Å²) >= 11 is 6.95. The van der Waals surface area contributed by atoms with E-state index in [9.17, 15) is 9.59 Å². The molecule has 0 aliphatic rings. The van der Waals surface area contributed by atoms with E-state index in [1.54, 1.807) is 30.5 Å². The Kier molecular flexibility index (Phi) is 5.24. The minimum absolute atomic E-state index is 0.0790. The third-order valence-corrected chi connectivity index (χ3v) is 3.37. The summed E-state index contributed by atoms with van der Waals surface area (Å²) in [4.78, 5) is 31.3. The zero-order valence-electron chi connectivity index (χ0n) is 11.1. The van der Waals surface area contributed by atoms with Crippen LogP contribution >= 0.6 is 22.9 Å².